The van der Waals surface area contributed by atoms with E-state index >= 15 is 0 Å². The number of rotatable bonds is 4. The number of carbonyl (C=O) groups is 2. The molecule has 1 atom stereocenters. The van der Waals surface area contributed by atoms with Gasteiger partial charge in [0.2, 0.25) is 0 Å². The molecule has 4 nitrogen and oxygen atoms in total. The van der Waals surface area contributed by atoms with Crippen LogP contribution >= 0.6 is 11.3 Å². The van der Waals surface area contributed by atoms with Gasteiger partial charge in [-0.25, -0.2) is 4.39 Å². The molecular weight excluding hydrogens is 456 g/mol. The predicted molar refractivity (Wildman–Crippen MR) is 119 cm³/mol. The molecule has 0 fully saturated rings. The molecule has 1 heterocycles. The van der Waals surface area contributed by atoms with Crippen molar-refractivity contribution in [3.63, 3.8) is 0 Å². The van der Waals surface area contributed by atoms with Gasteiger partial charge in [-0.15, -0.1) is 11.3 Å². The van der Waals surface area contributed by atoms with Crippen LogP contribution in [0.4, 0.5) is 28.9 Å². The quantitative estimate of drug-likeness (QED) is 0.421. The van der Waals surface area contributed by atoms with Crippen LogP contribution in [0.1, 0.15) is 49.4 Å². The van der Waals surface area contributed by atoms with Crippen LogP contribution < -0.4 is 10.6 Å². The van der Waals surface area contributed by atoms with Crippen LogP contribution in [0.25, 0.3) is 0 Å². The Labute approximate surface area is 191 Å². The van der Waals surface area contributed by atoms with E-state index in [0.29, 0.717) is 10.8 Å². The summed E-state index contributed by atoms with van der Waals surface area (Å²) >= 11 is 1.30. The molecule has 0 bridgehead atoms. The molecule has 2 aromatic carbocycles. The van der Waals surface area contributed by atoms with Gasteiger partial charge in [-0.05, 0) is 67.1 Å². The number of anilines is 2. The first-order chi connectivity index (χ1) is 15.6. The Morgan fingerprint density at radius 2 is 1.79 bits per heavy atom. The summed E-state index contributed by atoms with van der Waals surface area (Å²) in [4.78, 5) is 26.4. The van der Waals surface area contributed by atoms with Crippen LogP contribution in [0, 0.1) is 11.7 Å². The number of carbonyl (C=O) groups excluding carboxylic acids is 2. The molecular formula is C24H20F4N2O2S. The summed E-state index contributed by atoms with van der Waals surface area (Å²) in [6, 6.07) is 9.93. The second kappa shape index (κ2) is 8.97. The van der Waals surface area contributed by atoms with Crippen LogP contribution in [0.2, 0.25) is 0 Å². The van der Waals surface area contributed by atoms with E-state index in [-0.39, 0.29) is 11.3 Å². The van der Waals surface area contributed by atoms with Crippen molar-refractivity contribution in [3.05, 3.63) is 80.8 Å². The van der Waals surface area contributed by atoms with Crippen LogP contribution in [0.15, 0.2) is 48.5 Å². The topological polar surface area (TPSA) is 58.2 Å². The van der Waals surface area contributed by atoms with E-state index in [1.807, 2.05) is 0 Å². The summed E-state index contributed by atoms with van der Waals surface area (Å²) in [5.41, 5.74) is -0.923. The Morgan fingerprint density at radius 3 is 2.52 bits per heavy atom. The Kier molecular flexibility index (Phi) is 6.25. The summed E-state index contributed by atoms with van der Waals surface area (Å²) in [5, 5.41) is 4.63. The molecule has 2 amide bonds. The Morgan fingerprint density at radius 1 is 1.03 bits per heavy atom. The van der Waals surface area contributed by atoms with Gasteiger partial charge in [0.25, 0.3) is 11.8 Å². The molecule has 1 aromatic heterocycles. The van der Waals surface area contributed by atoms with Crippen LogP contribution in [0.3, 0.4) is 0 Å². The number of hydrogen-bond acceptors (Lipinski definition) is 3. The maximum absolute atomic E-state index is 13.8. The van der Waals surface area contributed by atoms with E-state index in [1.54, 1.807) is 6.07 Å². The summed E-state index contributed by atoms with van der Waals surface area (Å²) < 4.78 is 54.9. The monoisotopic (exact) mass is 476 g/mol. The van der Waals surface area contributed by atoms with Gasteiger partial charge in [0.15, 0.2) is 0 Å². The van der Waals surface area contributed by atoms with Crippen molar-refractivity contribution >= 4 is 34.5 Å². The number of fused-ring (bicyclic) bond motifs is 1. The standard InChI is InChI=1S/C24H20F4N2O2S/c1-13-6-9-20-14(10-13)11-21(33-20)23(32)30-19-8-7-15(12-17(19)24(26,27)28)29-22(31)16-4-2-3-5-18(16)25/h2-5,7-8,11-13H,6,9-10H2,1H3,(H,29,31)(H,30,32). The molecule has 33 heavy (non-hydrogen) atoms. The zero-order chi connectivity index (χ0) is 23.8. The molecule has 172 valence electrons. The van der Waals surface area contributed by atoms with Gasteiger partial charge in [-0.3, -0.25) is 9.59 Å². The first-order valence-corrected chi connectivity index (χ1v) is 11.1. The van der Waals surface area contributed by atoms with Crippen LogP contribution in [-0.4, -0.2) is 11.8 Å². The van der Waals surface area contributed by atoms with Crippen LogP contribution in [-0.2, 0) is 19.0 Å². The first kappa shape index (κ1) is 23.0. The summed E-state index contributed by atoms with van der Waals surface area (Å²) in [6.07, 6.45) is -2.06. The highest BCUT2D eigenvalue weighted by Crippen LogP contribution is 2.38. The lowest BCUT2D eigenvalue weighted by Gasteiger charge is -2.16. The van der Waals surface area contributed by atoms with Crippen molar-refractivity contribution < 1.29 is 27.2 Å². The minimum Gasteiger partial charge on any atom is -0.322 e. The van der Waals surface area contributed by atoms with Crippen LogP contribution in [0.5, 0.6) is 0 Å². The van der Waals surface area contributed by atoms with Gasteiger partial charge >= 0.3 is 6.18 Å². The van der Waals surface area contributed by atoms with Crippen molar-refractivity contribution in [1.82, 2.24) is 0 Å². The zero-order valence-electron chi connectivity index (χ0n) is 17.6. The van der Waals surface area contributed by atoms with Gasteiger partial charge in [-0.1, -0.05) is 19.1 Å². The number of halogens is 4. The van der Waals surface area contributed by atoms with Crippen molar-refractivity contribution in [3.8, 4) is 0 Å². The van der Waals surface area contributed by atoms with E-state index in [1.165, 1.54) is 35.6 Å². The maximum atomic E-state index is 13.8. The second-order valence-corrected chi connectivity index (χ2v) is 9.19. The number of amides is 2. The molecule has 4 rings (SSSR count). The van der Waals surface area contributed by atoms with Crippen molar-refractivity contribution in [2.45, 2.75) is 32.4 Å². The van der Waals surface area contributed by atoms with Crippen molar-refractivity contribution in [2.24, 2.45) is 5.92 Å². The summed E-state index contributed by atoms with van der Waals surface area (Å²) in [5.74, 6) is -1.78. The molecule has 0 spiro atoms. The largest absolute Gasteiger partial charge is 0.418 e. The minimum absolute atomic E-state index is 0.172. The molecule has 1 unspecified atom stereocenters. The lowest BCUT2D eigenvalue weighted by atomic mass is 9.90. The first-order valence-electron chi connectivity index (χ1n) is 10.3. The number of thiophene rings is 1. The minimum atomic E-state index is -4.79. The van der Waals surface area contributed by atoms with E-state index < -0.39 is 35.1 Å². The highest BCUT2D eigenvalue weighted by Gasteiger charge is 2.35. The highest BCUT2D eigenvalue weighted by molar-refractivity contribution is 7.14. The number of alkyl halides is 3. The van der Waals surface area contributed by atoms with Gasteiger partial charge < -0.3 is 10.6 Å². The fourth-order valence-corrected chi connectivity index (χ4v) is 4.91. The smallest absolute Gasteiger partial charge is 0.322 e. The molecule has 9 heteroatoms. The molecule has 0 saturated carbocycles. The van der Waals surface area contributed by atoms with Gasteiger partial charge in [0.1, 0.15) is 5.82 Å². The Hall–Kier alpha value is -3.20. The van der Waals surface area contributed by atoms with Gasteiger partial charge in [0, 0.05) is 10.6 Å². The fraction of sp³-hybridized carbons (Fsp3) is 0.250. The molecule has 1 aliphatic rings. The average Bonchev–Trinajstić information content (AvgIpc) is 3.17. The van der Waals surface area contributed by atoms with Gasteiger partial charge in [-0.2, -0.15) is 13.2 Å². The molecule has 1 aliphatic carbocycles. The van der Waals surface area contributed by atoms with E-state index in [0.717, 1.165) is 47.9 Å². The number of nitrogens with one attached hydrogen (secondary N) is 2. The van der Waals surface area contributed by atoms with Crippen molar-refractivity contribution in [1.29, 1.82) is 0 Å². The molecule has 2 N–H and O–H groups in total. The number of hydrogen-bond donors (Lipinski definition) is 2. The average molecular weight is 476 g/mol. The van der Waals surface area contributed by atoms with Gasteiger partial charge in [0.05, 0.1) is 21.7 Å². The maximum Gasteiger partial charge on any atom is 0.418 e. The second-order valence-electron chi connectivity index (χ2n) is 8.05. The highest BCUT2D eigenvalue weighted by atomic mass is 32.1. The summed E-state index contributed by atoms with van der Waals surface area (Å²) in [7, 11) is 0. The summed E-state index contributed by atoms with van der Waals surface area (Å²) in [6.45, 7) is 2.13. The SMILES string of the molecule is CC1CCc2sc(C(=O)Nc3ccc(NC(=O)c4ccccc4F)cc3C(F)(F)F)cc2C1. The lowest BCUT2D eigenvalue weighted by Crippen LogP contribution is -2.18. The number of aryl methyl sites for hydroxylation is 1. The number of benzene rings is 2. The third-order valence-electron chi connectivity index (χ3n) is 5.50. The zero-order valence-corrected chi connectivity index (χ0v) is 18.4. The molecule has 0 saturated heterocycles. The molecule has 3 aromatic rings. The predicted octanol–water partition coefficient (Wildman–Crippen LogP) is 6.54. The Balaban J connectivity index is 1.57. The van der Waals surface area contributed by atoms with Crippen molar-refractivity contribution in [2.75, 3.05) is 10.6 Å². The normalized spacial score (nSPS) is 15.6. The lowest BCUT2D eigenvalue weighted by molar-refractivity contribution is -0.136. The molecule has 0 radical (unpaired) electrons. The third-order valence-corrected chi connectivity index (χ3v) is 6.74. The third kappa shape index (κ3) is 5.08. The Bertz CT molecular complexity index is 1220. The fourth-order valence-electron chi connectivity index (χ4n) is 3.81. The van der Waals surface area contributed by atoms with E-state index in [4.69, 9.17) is 0 Å². The van der Waals surface area contributed by atoms with E-state index in [2.05, 4.69) is 17.6 Å². The van der Waals surface area contributed by atoms with E-state index in [9.17, 15) is 27.2 Å². The molecule has 0 aliphatic heterocycles.